The van der Waals surface area contributed by atoms with E-state index in [2.05, 4.69) is 26.7 Å². The summed E-state index contributed by atoms with van der Waals surface area (Å²) in [5.74, 6) is 4.05. The van der Waals surface area contributed by atoms with Crippen LogP contribution in [0, 0.1) is 30.1 Å². The maximum Gasteiger partial charge on any atom is 0.128 e. The van der Waals surface area contributed by atoms with Crippen LogP contribution < -0.4 is 0 Å². The molecule has 3 atom stereocenters. The molecule has 1 heteroatoms. The lowest BCUT2D eigenvalue weighted by Gasteiger charge is -2.39. The molecule has 1 nitrogen and oxygen atoms in total. The Hall–Kier alpha value is -0.480. The molecule has 0 radical (unpaired) electrons. The summed E-state index contributed by atoms with van der Waals surface area (Å²) < 4.78 is 0. The summed E-state index contributed by atoms with van der Waals surface area (Å²) in [5, 5.41) is 10.1. The largest absolute Gasteiger partial charge is 0.377 e. The monoisotopic (exact) mass is 180 g/mol. The van der Waals surface area contributed by atoms with E-state index in [-0.39, 0.29) is 5.92 Å². The molecule has 0 bridgehead atoms. The third-order valence-corrected chi connectivity index (χ3v) is 3.55. The van der Waals surface area contributed by atoms with Crippen molar-refractivity contribution in [2.24, 2.45) is 17.8 Å². The standard InChI is InChI=1S/C12H20O/c1-5-12(13)8-11(9(2)3)7-6-10(12)4/h1,9-11,13H,6-8H2,2-4H3/t10-,11+,12+/m1/s1. The molecule has 0 heterocycles. The van der Waals surface area contributed by atoms with Gasteiger partial charge in [0.15, 0.2) is 0 Å². The minimum atomic E-state index is -0.840. The highest BCUT2D eigenvalue weighted by Gasteiger charge is 2.39. The van der Waals surface area contributed by atoms with Gasteiger partial charge in [-0.3, -0.25) is 0 Å². The highest BCUT2D eigenvalue weighted by molar-refractivity contribution is 5.12. The summed E-state index contributed by atoms with van der Waals surface area (Å²) >= 11 is 0. The van der Waals surface area contributed by atoms with Crippen molar-refractivity contribution in [1.29, 1.82) is 0 Å². The Bertz CT molecular complexity index is 214. The average Bonchev–Trinajstić information content (AvgIpc) is 2.09. The van der Waals surface area contributed by atoms with E-state index in [1.807, 2.05) is 0 Å². The summed E-state index contributed by atoms with van der Waals surface area (Å²) in [5.41, 5.74) is -0.840. The lowest BCUT2D eigenvalue weighted by molar-refractivity contribution is -0.0180. The fourth-order valence-corrected chi connectivity index (χ4v) is 2.18. The summed E-state index contributed by atoms with van der Waals surface area (Å²) in [7, 11) is 0. The minimum Gasteiger partial charge on any atom is -0.377 e. The van der Waals surface area contributed by atoms with E-state index in [1.165, 1.54) is 6.42 Å². The van der Waals surface area contributed by atoms with Crippen molar-refractivity contribution in [3.05, 3.63) is 0 Å². The number of rotatable bonds is 1. The average molecular weight is 180 g/mol. The smallest absolute Gasteiger partial charge is 0.128 e. The van der Waals surface area contributed by atoms with Gasteiger partial charge in [0.25, 0.3) is 0 Å². The van der Waals surface area contributed by atoms with Gasteiger partial charge in [0, 0.05) is 0 Å². The molecule has 0 aromatic heterocycles. The van der Waals surface area contributed by atoms with Crippen LogP contribution in [0.4, 0.5) is 0 Å². The van der Waals surface area contributed by atoms with Gasteiger partial charge >= 0.3 is 0 Å². The number of terminal acetylenes is 1. The van der Waals surface area contributed by atoms with Crippen molar-refractivity contribution in [1.82, 2.24) is 0 Å². The summed E-state index contributed by atoms with van der Waals surface area (Å²) in [6.07, 6.45) is 8.44. The van der Waals surface area contributed by atoms with Crippen LogP contribution in [0.2, 0.25) is 0 Å². The molecule has 0 unspecified atom stereocenters. The van der Waals surface area contributed by atoms with Crippen molar-refractivity contribution in [2.75, 3.05) is 0 Å². The molecule has 1 N–H and O–H groups in total. The molecule has 0 aromatic rings. The molecule has 1 aliphatic rings. The third kappa shape index (κ3) is 2.06. The van der Waals surface area contributed by atoms with Gasteiger partial charge < -0.3 is 5.11 Å². The Morgan fingerprint density at radius 2 is 2.08 bits per heavy atom. The van der Waals surface area contributed by atoms with E-state index >= 15 is 0 Å². The molecule has 1 rings (SSSR count). The molecule has 0 aliphatic heterocycles. The van der Waals surface area contributed by atoms with Crippen molar-refractivity contribution >= 4 is 0 Å². The fraction of sp³-hybridized carbons (Fsp3) is 0.833. The van der Waals surface area contributed by atoms with Gasteiger partial charge in [0.1, 0.15) is 5.60 Å². The summed E-state index contributed by atoms with van der Waals surface area (Å²) in [6, 6.07) is 0. The van der Waals surface area contributed by atoms with Gasteiger partial charge in [-0.25, -0.2) is 0 Å². The van der Waals surface area contributed by atoms with Gasteiger partial charge in [-0.1, -0.05) is 26.7 Å². The first-order valence-corrected chi connectivity index (χ1v) is 5.19. The normalized spacial score (nSPS) is 40.3. The van der Waals surface area contributed by atoms with E-state index in [0.717, 1.165) is 12.8 Å². The minimum absolute atomic E-state index is 0.257. The Kier molecular flexibility index (Phi) is 3.03. The maximum absolute atomic E-state index is 10.1. The number of hydrogen-bond donors (Lipinski definition) is 1. The molecule has 13 heavy (non-hydrogen) atoms. The third-order valence-electron chi connectivity index (χ3n) is 3.55. The van der Waals surface area contributed by atoms with Crippen LogP contribution in [0.15, 0.2) is 0 Å². The van der Waals surface area contributed by atoms with Crippen LogP contribution in [0.1, 0.15) is 40.0 Å². The fourth-order valence-electron chi connectivity index (χ4n) is 2.18. The van der Waals surface area contributed by atoms with Crippen LogP contribution in [0.5, 0.6) is 0 Å². The SMILES string of the molecule is C#C[C@]1(O)C[C@@H](C(C)C)CC[C@H]1C. The highest BCUT2D eigenvalue weighted by Crippen LogP contribution is 2.39. The van der Waals surface area contributed by atoms with Crippen LogP contribution in [-0.4, -0.2) is 10.7 Å². The quantitative estimate of drug-likeness (QED) is 0.614. The predicted molar refractivity (Wildman–Crippen MR) is 55.1 cm³/mol. The predicted octanol–water partition coefficient (Wildman–Crippen LogP) is 2.44. The van der Waals surface area contributed by atoms with Gasteiger partial charge in [0.2, 0.25) is 0 Å². The highest BCUT2D eigenvalue weighted by atomic mass is 16.3. The second kappa shape index (κ2) is 3.72. The lowest BCUT2D eigenvalue weighted by Crippen LogP contribution is -2.42. The van der Waals surface area contributed by atoms with E-state index < -0.39 is 5.60 Å². The first kappa shape index (κ1) is 10.6. The van der Waals surface area contributed by atoms with E-state index in [0.29, 0.717) is 11.8 Å². The molecule has 0 saturated heterocycles. The second-order valence-corrected chi connectivity index (χ2v) is 4.76. The van der Waals surface area contributed by atoms with Gasteiger partial charge in [-0.05, 0) is 37.0 Å². The molecule has 1 aliphatic carbocycles. The lowest BCUT2D eigenvalue weighted by atomic mass is 9.69. The van der Waals surface area contributed by atoms with Crippen LogP contribution in [0.25, 0.3) is 0 Å². The Morgan fingerprint density at radius 3 is 2.54 bits per heavy atom. The molecule has 74 valence electrons. The molecular formula is C12H20O. The Balaban J connectivity index is 2.70. The van der Waals surface area contributed by atoms with E-state index in [1.54, 1.807) is 0 Å². The zero-order valence-corrected chi connectivity index (χ0v) is 8.88. The van der Waals surface area contributed by atoms with Crippen molar-refractivity contribution in [3.8, 4) is 12.3 Å². The zero-order valence-electron chi connectivity index (χ0n) is 8.88. The first-order valence-electron chi connectivity index (χ1n) is 5.19. The van der Waals surface area contributed by atoms with Gasteiger partial charge in [0.05, 0.1) is 0 Å². The first-order chi connectivity index (χ1) is 5.99. The van der Waals surface area contributed by atoms with E-state index in [4.69, 9.17) is 6.42 Å². The number of hydrogen-bond acceptors (Lipinski definition) is 1. The molecule has 0 spiro atoms. The van der Waals surface area contributed by atoms with E-state index in [9.17, 15) is 5.11 Å². The van der Waals surface area contributed by atoms with Crippen LogP contribution >= 0.6 is 0 Å². The molecule has 1 fully saturated rings. The number of aliphatic hydroxyl groups is 1. The summed E-state index contributed by atoms with van der Waals surface area (Å²) in [4.78, 5) is 0. The summed E-state index contributed by atoms with van der Waals surface area (Å²) in [6.45, 7) is 6.46. The molecule has 1 saturated carbocycles. The molecular weight excluding hydrogens is 160 g/mol. The molecule has 0 amide bonds. The maximum atomic E-state index is 10.1. The van der Waals surface area contributed by atoms with Gasteiger partial charge in [-0.15, -0.1) is 6.42 Å². The Labute approximate surface area is 81.5 Å². The second-order valence-electron chi connectivity index (χ2n) is 4.76. The van der Waals surface area contributed by atoms with Gasteiger partial charge in [-0.2, -0.15) is 0 Å². The molecule has 0 aromatic carbocycles. The van der Waals surface area contributed by atoms with Crippen molar-refractivity contribution in [2.45, 2.75) is 45.6 Å². The zero-order chi connectivity index (χ0) is 10.1. The Morgan fingerprint density at radius 1 is 1.46 bits per heavy atom. The van der Waals surface area contributed by atoms with Crippen molar-refractivity contribution < 1.29 is 5.11 Å². The van der Waals surface area contributed by atoms with Crippen LogP contribution in [0.3, 0.4) is 0 Å². The topological polar surface area (TPSA) is 20.2 Å². The van der Waals surface area contributed by atoms with Crippen LogP contribution in [-0.2, 0) is 0 Å². The van der Waals surface area contributed by atoms with Crippen molar-refractivity contribution in [3.63, 3.8) is 0 Å².